The third kappa shape index (κ3) is 5.68. The maximum Gasteiger partial charge on any atom is 0.243 e. The van der Waals surface area contributed by atoms with Crippen molar-refractivity contribution in [1.29, 1.82) is 0 Å². The first kappa shape index (κ1) is 17.4. The predicted octanol–water partition coefficient (Wildman–Crippen LogP) is -0.152. The van der Waals surface area contributed by atoms with Gasteiger partial charge in [0.2, 0.25) is 17.8 Å². The minimum Gasteiger partial charge on any atom is -0.351 e. The summed E-state index contributed by atoms with van der Waals surface area (Å²) in [7, 11) is -3.08. The summed E-state index contributed by atoms with van der Waals surface area (Å²) in [4.78, 5) is 14.5. The number of nitrogens with zero attached hydrogens (tertiary/aromatic N) is 4. The van der Waals surface area contributed by atoms with Gasteiger partial charge in [0.15, 0.2) is 0 Å². The van der Waals surface area contributed by atoms with E-state index < -0.39 is 9.84 Å². The van der Waals surface area contributed by atoms with Crippen molar-refractivity contribution >= 4 is 27.7 Å². The molecule has 10 heteroatoms. The number of nitrogens with one attached hydrogen (secondary N) is 2. The smallest absolute Gasteiger partial charge is 0.243 e. The highest BCUT2D eigenvalue weighted by Gasteiger charge is 2.15. The Kier molecular flexibility index (Phi) is 6.09. The van der Waals surface area contributed by atoms with Gasteiger partial charge in [-0.15, -0.1) is 0 Å². The van der Waals surface area contributed by atoms with Crippen LogP contribution in [0.1, 0.15) is 20.8 Å². The lowest BCUT2D eigenvalue weighted by atomic mass is 10.4. The zero-order valence-electron chi connectivity index (χ0n) is 12.8. The quantitative estimate of drug-likeness (QED) is 0.443. The van der Waals surface area contributed by atoms with Crippen molar-refractivity contribution in [1.82, 2.24) is 15.0 Å². The van der Waals surface area contributed by atoms with Crippen molar-refractivity contribution in [3.8, 4) is 0 Å². The van der Waals surface area contributed by atoms with E-state index in [-0.39, 0.29) is 23.7 Å². The molecule has 1 rings (SSSR count). The number of aromatic nitrogens is 3. The van der Waals surface area contributed by atoms with Crippen LogP contribution in [-0.4, -0.2) is 54.5 Å². The number of hydrogen-bond donors (Lipinski definition) is 3. The van der Waals surface area contributed by atoms with Gasteiger partial charge in [-0.3, -0.25) is 5.43 Å². The van der Waals surface area contributed by atoms with Crippen molar-refractivity contribution in [3.63, 3.8) is 0 Å². The van der Waals surface area contributed by atoms with E-state index in [0.717, 1.165) is 13.1 Å². The Labute approximate surface area is 125 Å². The van der Waals surface area contributed by atoms with Crippen molar-refractivity contribution < 1.29 is 8.42 Å². The first-order valence-corrected chi connectivity index (χ1v) is 8.77. The summed E-state index contributed by atoms with van der Waals surface area (Å²) in [5, 5.41) is 2.95. The summed E-state index contributed by atoms with van der Waals surface area (Å²) in [5.41, 5.74) is 2.39. The zero-order chi connectivity index (χ0) is 16.0. The van der Waals surface area contributed by atoms with Gasteiger partial charge < -0.3 is 10.2 Å². The number of anilines is 3. The molecule has 0 spiro atoms. The highest BCUT2D eigenvalue weighted by Crippen LogP contribution is 2.13. The Bertz CT molecular complexity index is 560. The van der Waals surface area contributed by atoms with Crippen molar-refractivity contribution in [2.24, 2.45) is 5.84 Å². The second kappa shape index (κ2) is 7.36. The van der Waals surface area contributed by atoms with Gasteiger partial charge in [-0.25, -0.2) is 14.3 Å². The molecule has 4 N–H and O–H groups in total. The lowest BCUT2D eigenvalue weighted by Gasteiger charge is -2.20. The molecular formula is C11H23N7O2S. The molecule has 0 aromatic carbocycles. The lowest BCUT2D eigenvalue weighted by Crippen LogP contribution is -2.29. The lowest BCUT2D eigenvalue weighted by molar-refractivity contribution is 0.597. The highest BCUT2D eigenvalue weighted by molar-refractivity contribution is 7.90. The molecule has 9 nitrogen and oxygen atoms in total. The summed E-state index contributed by atoms with van der Waals surface area (Å²) < 4.78 is 22.6. The minimum atomic E-state index is -3.08. The third-order valence-electron chi connectivity index (χ3n) is 2.73. The molecule has 1 aromatic rings. The van der Waals surface area contributed by atoms with Crippen LogP contribution in [0.5, 0.6) is 0 Å². The molecular weight excluding hydrogens is 294 g/mol. The molecule has 0 aliphatic rings. The molecule has 120 valence electrons. The van der Waals surface area contributed by atoms with Gasteiger partial charge in [-0.1, -0.05) is 0 Å². The Morgan fingerprint density at radius 3 is 2.24 bits per heavy atom. The molecule has 0 aliphatic heterocycles. The molecule has 0 fully saturated rings. The van der Waals surface area contributed by atoms with E-state index >= 15 is 0 Å². The van der Waals surface area contributed by atoms with E-state index in [1.54, 1.807) is 6.92 Å². The fraction of sp³-hybridized carbons (Fsp3) is 0.727. The van der Waals surface area contributed by atoms with Crippen LogP contribution in [0.2, 0.25) is 0 Å². The predicted molar refractivity (Wildman–Crippen MR) is 84.0 cm³/mol. The summed E-state index contributed by atoms with van der Waals surface area (Å²) in [6.45, 7) is 7.20. The number of hydrogen-bond acceptors (Lipinski definition) is 9. The molecule has 0 bridgehead atoms. The van der Waals surface area contributed by atoms with Crippen LogP contribution in [0, 0.1) is 0 Å². The van der Waals surface area contributed by atoms with Gasteiger partial charge >= 0.3 is 0 Å². The van der Waals surface area contributed by atoms with Gasteiger partial charge in [-0.05, 0) is 20.8 Å². The van der Waals surface area contributed by atoms with Gasteiger partial charge in [0, 0.05) is 25.4 Å². The molecule has 0 amide bonds. The van der Waals surface area contributed by atoms with Crippen molar-refractivity contribution in [2.45, 2.75) is 26.8 Å². The van der Waals surface area contributed by atoms with Gasteiger partial charge in [-0.2, -0.15) is 15.0 Å². The minimum absolute atomic E-state index is 0.00925. The van der Waals surface area contributed by atoms with Gasteiger partial charge in [0.1, 0.15) is 9.84 Å². The second-order valence-electron chi connectivity index (χ2n) is 4.74. The molecule has 1 heterocycles. The number of nitrogens with two attached hydrogens (primary N) is 1. The Balaban J connectivity index is 2.98. The van der Waals surface area contributed by atoms with E-state index in [1.165, 1.54) is 6.26 Å². The van der Waals surface area contributed by atoms with E-state index in [2.05, 4.69) is 25.7 Å². The zero-order valence-corrected chi connectivity index (χ0v) is 13.6. The number of sulfone groups is 1. The first-order chi connectivity index (χ1) is 9.78. The summed E-state index contributed by atoms with van der Waals surface area (Å²) in [6.07, 6.45) is 1.19. The molecule has 0 radical (unpaired) electrons. The van der Waals surface area contributed by atoms with E-state index in [0.29, 0.717) is 5.95 Å². The first-order valence-electron chi connectivity index (χ1n) is 6.71. The van der Waals surface area contributed by atoms with Crippen LogP contribution in [0.25, 0.3) is 0 Å². The molecule has 1 unspecified atom stereocenters. The molecule has 21 heavy (non-hydrogen) atoms. The van der Waals surface area contributed by atoms with Crippen molar-refractivity contribution in [3.05, 3.63) is 0 Å². The van der Waals surface area contributed by atoms with Crippen LogP contribution >= 0.6 is 0 Å². The van der Waals surface area contributed by atoms with Crippen LogP contribution in [0.3, 0.4) is 0 Å². The van der Waals surface area contributed by atoms with Crippen LogP contribution in [0.15, 0.2) is 0 Å². The molecule has 0 aliphatic carbocycles. The largest absolute Gasteiger partial charge is 0.351 e. The molecule has 0 saturated heterocycles. The molecule has 1 atom stereocenters. The van der Waals surface area contributed by atoms with Gasteiger partial charge in [0.25, 0.3) is 0 Å². The third-order valence-corrected chi connectivity index (χ3v) is 3.83. The van der Waals surface area contributed by atoms with E-state index in [1.807, 2.05) is 18.7 Å². The Hall–Kier alpha value is -1.68. The normalized spacial score (nSPS) is 12.8. The monoisotopic (exact) mass is 317 g/mol. The summed E-state index contributed by atoms with van der Waals surface area (Å²) in [5.74, 6) is 6.34. The average molecular weight is 317 g/mol. The summed E-state index contributed by atoms with van der Waals surface area (Å²) >= 11 is 0. The second-order valence-corrected chi connectivity index (χ2v) is 6.92. The Morgan fingerprint density at radius 2 is 1.76 bits per heavy atom. The highest BCUT2D eigenvalue weighted by atomic mass is 32.2. The maximum absolute atomic E-state index is 11.3. The fourth-order valence-corrected chi connectivity index (χ4v) is 2.85. The number of hydrazine groups is 1. The molecule has 0 saturated carbocycles. The standard InChI is InChI=1S/C11H23N7O2S/c1-5-18(6-2)11-15-9(14-10(16-11)17-12)13-8(3)7-21(4,19)20/h8H,5-7,12H2,1-4H3,(H2,13,14,15,16,17). The SMILES string of the molecule is CCN(CC)c1nc(NN)nc(NC(C)CS(C)(=O)=O)n1. The number of rotatable bonds is 8. The maximum atomic E-state index is 11.3. The van der Waals surface area contributed by atoms with Crippen LogP contribution in [-0.2, 0) is 9.84 Å². The average Bonchev–Trinajstić information content (AvgIpc) is 2.37. The van der Waals surface area contributed by atoms with Crippen molar-refractivity contribution in [2.75, 3.05) is 40.7 Å². The Morgan fingerprint density at radius 1 is 1.19 bits per heavy atom. The van der Waals surface area contributed by atoms with Crippen LogP contribution in [0.4, 0.5) is 17.8 Å². The number of nitrogen functional groups attached to an aromatic ring is 1. The van der Waals surface area contributed by atoms with E-state index in [4.69, 9.17) is 5.84 Å². The fourth-order valence-electron chi connectivity index (χ4n) is 1.86. The van der Waals surface area contributed by atoms with E-state index in [9.17, 15) is 8.42 Å². The summed E-state index contributed by atoms with van der Waals surface area (Å²) in [6, 6.07) is -0.322. The van der Waals surface area contributed by atoms with Gasteiger partial charge in [0.05, 0.1) is 5.75 Å². The molecule has 1 aromatic heterocycles. The topological polar surface area (TPSA) is 126 Å². The van der Waals surface area contributed by atoms with Crippen LogP contribution < -0.4 is 21.5 Å².